The molecule has 1 heterocycles. The Balaban J connectivity index is 1.94. The number of hydrogen-bond acceptors (Lipinski definition) is 6. The van der Waals surface area contributed by atoms with E-state index in [1.54, 1.807) is 23.0 Å². The number of nitrogens with zero attached hydrogens (tertiary/aromatic N) is 3. The van der Waals surface area contributed by atoms with E-state index >= 15 is 0 Å². The summed E-state index contributed by atoms with van der Waals surface area (Å²) < 4.78 is 6.92. The number of amides is 2. The van der Waals surface area contributed by atoms with Gasteiger partial charge in [0.1, 0.15) is 12.2 Å². The van der Waals surface area contributed by atoms with Crippen molar-refractivity contribution in [3.8, 4) is 6.07 Å². The third-order valence-corrected chi connectivity index (χ3v) is 4.23. The standard InChI is InChI=1S/C20H23N5O4/c1-4-13(2)25-17(10-12-22-25)24-19(27)14(3)29-20(28)15-5-7-16(8-6-15)23-18(26)9-11-21/h5-8,10,12-14H,4,9H2,1-3H3,(H,23,26)(H,24,27)/t13-,14+/m0/s1. The fraction of sp³-hybridized carbons (Fsp3) is 0.350. The zero-order valence-corrected chi connectivity index (χ0v) is 16.5. The molecule has 0 radical (unpaired) electrons. The average Bonchev–Trinajstić information content (AvgIpc) is 3.16. The number of nitriles is 1. The molecule has 0 unspecified atom stereocenters. The van der Waals surface area contributed by atoms with Crippen molar-refractivity contribution in [2.45, 2.75) is 45.8 Å². The Labute approximate surface area is 168 Å². The van der Waals surface area contributed by atoms with Gasteiger partial charge in [-0.25, -0.2) is 9.48 Å². The second-order valence-electron chi connectivity index (χ2n) is 6.42. The molecule has 1 aromatic heterocycles. The second-order valence-corrected chi connectivity index (χ2v) is 6.42. The predicted octanol–water partition coefficient (Wildman–Crippen LogP) is 2.89. The van der Waals surface area contributed by atoms with E-state index in [1.807, 2.05) is 13.8 Å². The summed E-state index contributed by atoms with van der Waals surface area (Å²) in [5.41, 5.74) is 0.679. The number of rotatable bonds is 8. The monoisotopic (exact) mass is 397 g/mol. The van der Waals surface area contributed by atoms with Crippen LogP contribution >= 0.6 is 0 Å². The van der Waals surface area contributed by atoms with Crippen LogP contribution in [0.1, 0.15) is 50.0 Å². The molecular weight excluding hydrogens is 374 g/mol. The first-order valence-electron chi connectivity index (χ1n) is 9.18. The second kappa shape index (κ2) is 10.0. The van der Waals surface area contributed by atoms with Gasteiger partial charge in [-0.05, 0) is 44.5 Å². The van der Waals surface area contributed by atoms with Crippen LogP contribution in [-0.4, -0.2) is 33.7 Å². The van der Waals surface area contributed by atoms with Crippen LogP contribution in [0.25, 0.3) is 0 Å². The molecule has 0 aliphatic carbocycles. The number of carbonyl (C=O) groups is 3. The van der Waals surface area contributed by atoms with Crippen molar-refractivity contribution in [1.82, 2.24) is 9.78 Å². The highest BCUT2D eigenvalue weighted by Gasteiger charge is 2.21. The molecule has 2 atom stereocenters. The molecule has 0 bridgehead atoms. The van der Waals surface area contributed by atoms with Crippen LogP contribution in [0.15, 0.2) is 36.5 Å². The van der Waals surface area contributed by atoms with Crippen LogP contribution in [0.3, 0.4) is 0 Å². The lowest BCUT2D eigenvalue weighted by Gasteiger charge is -2.17. The number of carbonyl (C=O) groups excluding carboxylic acids is 3. The largest absolute Gasteiger partial charge is 0.449 e. The number of hydrogen-bond donors (Lipinski definition) is 2. The molecule has 9 heteroatoms. The Morgan fingerprint density at radius 3 is 2.48 bits per heavy atom. The molecule has 2 N–H and O–H groups in total. The van der Waals surface area contributed by atoms with E-state index in [9.17, 15) is 14.4 Å². The maximum Gasteiger partial charge on any atom is 0.338 e. The van der Waals surface area contributed by atoms with E-state index in [0.717, 1.165) is 6.42 Å². The molecule has 2 rings (SSSR count). The Morgan fingerprint density at radius 2 is 1.86 bits per heavy atom. The van der Waals surface area contributed by atoms with Crippen molar-refractivity contribution in [2.75, 3.05) is 10.6 Å². The smallest absolute Gasteiger partial charge is 0.338 e. The molecule has 0 fully saturated rings. The third kappa shape index (κ3) is 5.90. The summed E-state index contributed by atoms with van der Waals surface area (Å²) in [6, 6.07) is 9.50. The van der Waals surface area contributed by atoms with Gasteiger partial charge in [0, 0.05) is 11.8 Å². The molecule has 152 valence electrons. The van der Waals surface area contributed by atoms with Crippen LogP contribution in [0.4, 0.5) is 11.5 Å². The summed E-state index contributed by atoms with van der Waals surface area (Å²) in [5, 5.41) is 17.9. The van der Waals surface area contributed by atoms with E-state index in [1.165, 1.54) is 31.2 Å². The molecular formula is C20H23N5O4. The predicted molar refractivity (Wildman–Crippen MR) is 106 cm³/mol. The van der Waals surface area contributed by atoms with Crippen LogP contribution in [0.2, 0.25) is 0 Å². The molecule has 1 aromatic carbocycles. The van der Waals surface area contributed by atoms with Crippen LogP contribution in [0.5, 0.6) is 0 Å². The minimum Gasteiger partial charge on any atom is -0.449 e. The van der Waals surface area contributed by atoms with Gasteiger partial charge in [0.25, 0.3) is 5.91 Å². The van der Waals surface area contributed by atoms with Gasteiger partial charge in [-0.15, -0.1) is 0 Å². The average molecular weight is 397 g/mol. The zero-order valence-electron chi connectivity index (χ0n) is 16.5. The number of ether oxygens (including phenoxy) is 1. The van der Waals surface area contributed by atoms with Gasteiger partial charge in [-0.2, -0.15) is 10.4 Å². The first kappa shape index (κ1) is 21.6. The third-order valence-electron chi connectivity index (χ3n) is 4.23. The van der Waals surface area contributed by atoms with Crippen molar-refractivity contribution >= 4 is 29.3 Å². The van der Waals surface area contributed by atoms with Gasteiger partial charge in [-0.3, -0.25) is 9.59 Å². The van der Waals surface area contributed by atoms with Crippen molar-refractivity contribution in [2.24, 2.45) is 0 Å². The van der Waals surface area contributed by atoms with Gasteiger partial charge in [-0.1, -0.05) is 6.92 Å². The van der Waals surface area contributed by atoms with Gasteiger partial charge in [0.05, 0.1) is 23.9 Å². The van der Waals surface area contributed by atoms with Crippen molar-refractivity contribution in [1.29, 1.82) is 5.26 Å². The molecule has 0 aliphatic heterocycles. The Morgan fingerprint density at radius 1 is 1.17 bits per heavy atom. The fourth-order valence-corrected chi connectivity index (χ4v) is 2.41. The quantitative estimate of drug-likeness (QED) is 0.660. The number of anilines is 2. The van der Waals surface area contributed by atoms with Gasteiger partial charge >= 0.3 is 5.97 Å². The van der Waals surface area contributed by atoms with E-state index in [4.69, 9.17) is 10.00 Å². The molecule has 0 saturated heterocycles. The lowest BCUT2D eigenvalue weighted by molar-refractivity contribution is -0.123. The summed E-state index contributed by atoms with van der Waals surface area (Å²) in [6.45, 7) is 5.48. The Kier molecular flexibility index (Phi) is 7.48. The molecule has 9 nitrogen and oxygen atoms in total. The fourth-order valence-electron chi connectivity index (χ4n) is 2.41. The zero-order chi connectivity index (χ0) is 21.4. The van der Waals surface area contributed by atoms with Crippen LogP contribution in [0, 0.1) is 11.3 Å². The number of benzene rings is 1. The first-order chi connectivity index (χ1) is 13.8. The molecule has 0 aliphatic rings. The molecule has 29 heavy (non-hydrogen) atoms. The Hall–Kier alpha value is -3.67. The van der Waals surface area contributed by atoms with Gasteiger partial charge < -0.3 is 15.4 Å². The minimum absolute atomic E-state index is 0.116. The Bertz CT molecular complexity index is 914. The summed E-state index contributed by atoms with van der Waals surface area (Å²) >= 11 is 0. The SMILES string of the molecule is CC[C@H](C)n1nccc1NC(=O)[C@@H](C)OC(=O)c1ccc(NC(=O)CC#N)cc1. The maximum absolute atomic E-state index is 12.4. The van der Waals surface area contributed by atoms with E-state index < -0.39 is 23.9 Å². The number of aromatic nitrogens is 2. The lowest BCUT2D eigenvalue weighted by Crippen LogP contribution is -2.31. The summed E-state index contributed by atoms with van der Waals surface area (Å²) in [7, 11) is 0. The highest BCUT2D eigenvalue weighted by molar-refractivity contribution is 5.97. The van der Waals surface area contributed by atoms with Crippen LogP contribution < -0.4 is 10.6 Å². The van der Waals surface area contributed by atoms with Gasteiger partial charge in [0.2, 0.25) is 5.91 Å². The molecule has 2 amide bonds. The summed E-state index contributed by atoms with van der Waals surface area (Å²) in [4.78, 5) is 36.0. The van der Waals surface area contributed by atoms with Crippen molar-refractivity contribution < 1.29 is 19.1 Å². The highest BCUT2D eigenvalue weighted by Crippen LogP contribution is 2.17. The van der Waals surface area contributed by atoms with E-state index in [2.05, 4.69) is 15.7 Å². The highest BCUT2D eigenvalue weighted by atomic mass is 16.5. The van der Waals surface area contributed by atoms with Crippen molar-refractivity contribution in [3.05, 3.63) is 42.1 Å². The lowest BCUT2D eigenvalue weighted by atomic mass is 10.2. The molecule has 0 saturated carbocycles. The summed E-state index contributed by atoms with van der Waals surface area (Å²) in [5.74, 6) is -1.05. The summed E-state index contributed by atoms with van der Waals surface area (Å²) in [6.07, 6.45) is 1.17. The maximum atomic E-state index is 12.4. The van der Waals surface area contributed by atoms with Crippen LogP contribution in [-0.2, 0) is 14.3 Å². The topological polar surface area (TPSA) is 126 Å². The van der Waals surface area contributed by atoms with Crippen molar-refractivity contribution in [3.63, 3.8) is 0 Å². The first-order valence-corrected chi connectivity index (χ1v) is 9.18. The van der Waals surface area contributed by atoms with E-state index in [0.29, 0.717) is 11.5 Å². The van der Waals surface area contributed by atoms with E-state index in [-0.39, 0.29) is 18.0 Å². The molecule has 0 spiro atoms. The minimum atomic E-state index is -1.02. The van der Waals surface area contributed by atoms with Gasteiger partial charge in [0.15, 0.2) is 6.10 Å². The number of esters is 1. The molecule has 2 aromatic rings. The normalized spacial score (nSPS) is 12.3. The number of nitrogens with one attached hydrogen (secondary N) is 2.